The molecule has 3 rings (SSSR count). The molecule has 0 unspecified atom stereocenters. The van der Waals surface area contributed by atoms with E-state index in [1.165, 1.54) is 5.56 Å². The molecule has 1 aromatic carbocycles. The summed E-state index contributed by atoms with van der Waals surface area (Å²) in [7, 11) is 1.71. The fourth-order valence-corrected chi connectivity index (χ4v) is 3.79. The van der Waals surface area contributed by atoms with E-state index in [9.17, 15) is 4.79 Å². The van der Waals surface area contributed by atoms with Crippen molar-refractivity contribution in [1.82, 2.24) is 5.32 Å². The molecule has 2 fully saturated rings. The van der Waals surface area contributed by atoms with E-state index in [0.717, 1.165) is 25.9 Å². The Labute approximate surface area is 132 Å². The van der Waals surface area contributed by atoms with Crippen LogP contribution in [0.1, 0.15) is 24.8 Å². The fourth-order valence-electron chi connectivity index (χ4n) is 3.79. The largest absolute Gasteiger partial charge is 0.384 e. The summed E-state index contributed by atoms with van der Waals surface area (Å²) in [5, 5.41) is 3.21. The van der Waals surface area contributed by atoms with Crippen molar-refractivity contribution < 1.29 is 14.3 Å². The van der Waals surface area contributed by atoms with E-state index in [-0.39, 0.29) is 18.1 Å². The van der Waals surface area contributed by atoms with Crippen molar-refractivity contribution in [2.24, 2.45) is 11.8 Å². The van der Waals surface area contributed by atoms with Gasteiger partial charge in [0.1, 0.15) is 0 Å². The van der Waals surface area contributed by atoms with Crippen molar-refractivity contribution in [3.8, 4) is 0 Å². The Morgan fingerprint density at radius 2 is 2.18 bits per heavy atom. The van der Waals surface area contributed by atoms with Crippen LogP contribution >= 0.6 is 0 Å². The minimum atomic E-state index is 0.160. The number of ether oxygens (including phenoxy) is 2. The Kier molecular flexibility index (Phi) is 5.11. The van der Waals surface area contributed by atoms with Crippen molar-refractivity contribution in [3.63, 3.8) is 0 Å². The van der Waals surface area contributed by atoms with Gasteiger partial charge in [-0.2, -0.15) is 0 Å². The average Bonchev–Trinajstić information content (AvgIpc) is 2.96. The Hall–Kier alpha value is -1.39. The first-order valence-corrected chi connectivity index (χ1v) is 8.23. The highest BCUT2D eigenvalue weighted by atomic mass is 16.5. The standard InChI is InChI=1S/C18H25NO3/c1-21-12-15-17(14-10-11-22-18(14)15)19-16(20)9-5-8-13-6-3-2-4-7-13/h2-4,6-7,14-15,17-18H,5,8-12H2,1H3,(H,19,20)/t14-,15-,17-,18-/m0/s1. The molecular weight excluding hydrogens is 278 g/mol. The van der Waals surface area contributed by atoms with Crippen LogP contribution in [-0.4, -0.2) is 38.4 Å². The van der Waals surface area contributed by atoms with Gasteiger partial charge in [0.25, 0.3) is 0 Å². The highest BCUT2D eigenvalue weighted by Gasteiger charge is 2.54. The predicted octanol–water partition coefficient (Wildman–Crippen LogP) is 2.18. The molecule has 0 spiro atoms. The number of hydrogen-bond acceptors (Lipinski definition) is 3. The molecule has 4 atom stereocenters. The van der Waals surface area contributed by atoms with E-state index >= 15 is 0 Å². The molecule has 22 heavy (non-hydrogen) atoms. The number of carbonyl (C=O) groups is 1. The maximum absolute atomic E-state index is 12.2. The van der Waals surface area contributed by atoms with Crippen LogP contribution in [0.2, 0.25) is 0 Å². The Morgan fingerprint density at radius 3 is 2.95 bits per heavy atom. The van der Waals surface area contributed by atoms with E-state index in [2.05, 4.69) is 17.4 Å². The summed E-state index contributed by atoms with van der Waals surface area (Å²) in [6, 6.07) is 10.6. The quantitative estimate of drug-likeness (QED) is 0.840. The summed E-state index contributed by atoms with van der Waals surface area (Å²) in [6.45, 7) is 1.48. The maximum atomic E-state index is 12.2. The van der Waals surface area contributed by atoms with Crippen molar-refractivity contribution >= 4 is 5.91 Å². The number of methoxy groups -OCH3 is 1. The molecule has 2 aliphatic rings. The molecule has 1 saturated carbocycles. The molecule has 1 amide bonds. The number of rotatable bonds is 7. The third-order valence-electron chi connectivity index (χ3n) is 4.93. The lowest BCUT2D eigenvalue weighted by Crippen LogP contribution is -2.62. The molecule has 1 aromatic rings. The number of carbonyl (C=O) groups excluding carboxylic acids is 1. The first-order chi connectivity index (χ1) is 10.8. The van der Waals surface area contributed by atoms with Gasteiger partial charge in [-0.25, -0.2) is 0 Å². The number of fused-ring (bicyclic) bond motifs is 1. The van der Waals surface area contributed by atoms with Crippen molar-refractivity contribution in [3.05, 3.63) is 35.9 Å². The second kappa shape index (κ2) is 7.25. The highest BCUT2D eigenvalue weighted by molar-refractivity contribution is 5.76. The first-order valence-electron chi connectivity index (χ1n) is 8.23. The van der Waals surface area contributed by atoms with Crippen LogP contribution < -0.4 is 5.32 Å². The van der Waals surface area contributed by atoms with Crippen LogP contribution in [0, 0.1) is 11.8 Å². The molecule has 1 saturated heterocycles. The summed E-state index contributed by atoms with van der Waals surface area (Å²) in [6.07, 6.45) is 3.77. The summed E-state index contributed by atoms with van der Waals surface area (Å²) in [5.74, 6) is 0.959. The molecule has 0 bridgehead atoms. The van der Waals surface area contributed by atoms with E-state index in [1.807, 2.05) is 18.2 Å². The third kappa shape index (κ3) is 3.33. The van der Waals surface area contributed by atoms with Gasteiger partial charge in [0, 0.05) is 38.0 Å². The van der Waals surface area contributed by atoms with E-state index < -0.39 is 0 Å². The van der Waals surface area contributed by atoms with E-state index in [4.69, 9.17) is 9.47 Å². The highest BCUT2D eigenvalue weighted by Crippen LogP contribution is 2.43. The minimum Gasteiger partial charge on any atom is -0.384 e. The van der Waals surface area contributed by atoms with Gasteiger partial charge in [-0.1, -0.05) is 30.3 Å². The van der Waals surface area contributed by atoms with Crippen LogP contribution in [-0.2, 0) is 20.7 Å². The topological polar surface area (TPSA) is 47.6 Å². The average molecular weight is 303 g/mol. The lowest BCUT2D eigenvalue weighted by molar-refractivity contribution is -0.129. The second-order valence-electron chi connectivity index (χ2n) is 6.34. The van der Waals surface area contributed by atoms with Crippen LogP contribution in [0.3, 0.4) is 0 Å². The fraction of sp³-hybridized carbons (Fsp3) is 0.611. The van der Waals surface area contributed by atoms with Gasteiger partial charge < -0.3 is 14.8 Å². The van der Waals surface area contributed by atoms with Crippen LogP contribution in [0.5, 0.6) is 0 Å². The molecule has 1 aliphatic carbocycles. The Balaban J connectivity index is 1.43. The number of amides is 1. The third-order valence-corrected chi connectivity index (χ3v) is 4.93. The van der Waals surface area contributed by atoms with Crippen LogP contribution in [0.25, 0.3) is 0 Å². The van der Waals surface area contributed by atoms with Crippen molar-refractivity contribution in [1.29, 1.82) is 0 Å². The smallest absolute Gasteiger partial charge is 0.220 e. The maximum Gasteiger partial charge on any atom is 0.220 e. The number of aryl methyl sites for hydroxylation is 1. The Bertz CT molecular complexity index is 490. The second-order valence-corrected chi connectivity index (χ2v) is 6.34. The van der Waals surface area contributed by atoms with Gasteiger partial charge in [0.05, 0.1) is 12.7 Å². The summed E-state index contributed by atoms with van der Waals surface area (Å²) >= 11 is 0. The first kappa shape index (κ1) is 15.5. The van der Waals surface area contributed by atoms with Gasteiger partial charge in [-0.3, -0.25) is 4.79 Å². The lowest BCUT2D eigenvalue weighted by Gasteiger charge is -2.47. The molecule has 4 nitrogen and oxygen atoms in total. The molecule has 120 valence electrons. The molecule has 1 aliphatic heterocycles. The zero-order chi connectivity index (χ0) is 15.4. The molecule has 4 heteroatoms. The molecule has 0 aromatic heterocycles. The zero-order valence-electron chi connectivity index (χ0n) is 13.2. The summed E-state index contributed by atoms with van der Waals surface area (Å²) in [5.41, 5.74) is 1.29. The van der Waals surface area contributed by atoms with Gasteiger partial charge in [0.2, 0.25) is 5.91 Å². The van der Waals surface area contributed by atoms with Crippen molar-refractivity contribution in [2.45, 2.75) is 37.8 Å². The Morgan fingerprint density at radius 1 is 1.36 bits per heavy atom. The minimum absolute atomic E-state index is 0.160. The zero-order valence-corrected chi connectivity index (χ0v) is 13.2. The van der Waals surface area contributed by atoms with E-state index in [0.29, 0.717) is 24.9 Å². The van der Waals surface area contributed by atoms with Gasteiger partial charge in [0.15, 0.2) is 0 Å². The number of benzene rings is 1. The van der Waals surface area contributed by atoms with E-state index in [1.54, 1.807) is 7.11 Å². The van der Waals surface area contributed by atoms with Crippen LogP contribution in [0.15, 0.2) is 30.3 Å². The molecule has 1 heterocycles. The van der Waals surface area contributed by atoms with Gasteiger partial charge in [-0.05, 0) is 24.8 Å². The van der Waals surface area contributed by atoms with Gasteiger partial charge in [-0.15, -0.1) is 0 Å². The van der Waals surface area contributed by atoms with Gasteiger partial charge >= 0.3 is 0 Å². The molecular formula is C18H25NO3. The SMILES string of the molecule is COC[C@H]1[C@@H](NC(=O)CCCc2ccccc2)[C@@H]2CCO[C@@H]21. The normalized spacial score (nSPS) is 29.7. The monoisotopic (exact) mass is 303 g/mol. The lowest BCUT2D eigenvalue weighted by atomic mass is 9.67. The number of nitrogens with one attached hydrogen (secondary N) is 1. The number of hydrogen-bond donors (Lipinski definition) is 1. The van der Waals surface area contributed by atoms with Crippen LogP contribution in [0.4, 0.5) is 0 Å². The summed E-state index contributed by atoms with van der Waals surface area (Å²) < 4.78 is 11.0. The summed E-state index contributed by atoms with van der Waals surface area (Å²) in [4.78, 5) is 12.2. The van der Waals surface area contributed by atoms with Crippen molar-refractivity contribution in [2.75, 3.05) is 20.3 Å². The molecule has 0 radical (unpaired) electrons. The molecule has 1 N–H and O–H groups in total. The predicted molar refractivity (Wildman–Crippen MR) is 84.5 cm³/mol.